The van der Waals surface area contributed by atoms with Crippen LogP contribution in [-0.2, 0) is 19.8 Å². The van der Waals surface area contributed by atoms with Gasteiger partial charge in [-0.15, -0.1) is 0 Å². The SMILES string of the molecule is Cc1c(C)n(CN(C)Cc2cnn(-c3ccccc3)c2)c(=S)n1CC(C)C. The van der Waals surface area contributed by atoms with E-state index in [-0.39, 0.29) is 0 Å². The Balaban J connectivity index is 1.73. The number of aromatic nitrogens is 4. The summed E-state index contributed by atoms with van der Waals surface area (Å²) in [5.41, 5.74) is 4.76. The molecule has 27 heavy (non-hydrogen) atoms. The maximum absolute atomic E-state index is 5.75. The average Bonchev–Trinajstić information content (AvgIpc) is 3.17. The van der Waals surface area contributed by atoms with Crippen LogP contribution >= 0.6 is 12.2 Å². The topological polar surface area (TPSA) is 30.9 Å². The van der Waals surface area contributed by atoms with Gasteiger partial charge in [0.25, 0.3) is 0 Å². The van der Waals surface area contributed by atoms with Crippen molar-refractivity contribution in [2.24, 2.45) is 5.92 Å². The third-order valence-corrected chi connectivity index (χ3v) is 5.28. The Labute approximate surface area is 166 Å². The van der Waals surface area contributed by atoms with Gasteiger partial charge in [0.05, 0.1) is 18.6 Å². The van der Waals surface area contributed by atoms with E-state index in [4.69, 9.17) is 12.2 Å². The van der Waals surface area contributed by atoms with Crippen LogP contribution < -0.4 is 0 Å². The minimum atomic E-state index is 0.576. The van der Waals surface area contributed by atoms with Crippen molar-refractivity contribution in [3.8, 4) is 5.69 Å². The van der Waals surface area contributed by atoms with Crippen molar-refractivity contribution in [3.05, 3.63) is 64.4 Å². The Kier molecular flexibility index (Phi) is 5.97. The van der Waals surface area contributed by atoms with Crippen LogP contribution in [-0.4, -0.2) is 30.9 Å². The smallest absolute Gasteiger partial charge is 0.181 e. The lowest BCUT2D eigenvalue weighted by Gasteiger charge is -2.17. The molecular formula is C21H29N5S. The zero-order valence-electron chi connectivity index (χ0n) is 16.9. The molecule has 0 spiro atoms. The molecule has 0 N–H and O–H groups in total. The lowest BCUT2D eigenvalue weighted by atomic mass is 10.2. The normalized spacial score (nSPS) is 11.7. The van der Waals surface area contributed by atoms with Gasteiger partial charge in [-0.3, -0.25) is 4.90 Å². The largest absolute Gasteiger partial charge is 0.321 e. The van der Waals surface area contributed by atoms with E-state index in [2.05, 4.69) is 72.2 Å². The Morgan fingerprint density at radius 2 is 1.74 bits per heavy atom. The molecular weight excluding hydrogens is 354 g/mol. The third kappa shape index (κ3) is 4.39. The van der Waals surface area contributed by atoms with Gasteiger partial charge in [0, 0.05) is 36.2 Å². The predicted molar refractivity (Wildman–Crippen MR) is 113 cm³/mol. The molecule has 1 aromatic carbocycles. The molecule has 3 aromatic rings. The zero-order valence-corrected chi connectivity index (χ0v) is 17.7. The highest BCUT2D eigenvalue weighted by Crippen LogP contribution is 2.16. The van der Waals surface area contributed by atoms with Crippen LogP contribution in [0.25, 0.3) is 5.69 Å². The van der Waals surface area contributed by atoms with Gasteiger partial charge in [0.2, 0.25) is 0 Å². The highest BCUT2D eigenvalue weighted by molar-refractivity contribution is 7.71. The first kappa shape index (κ1) is 19.6. The Bertz CT molecular complexity index is 949. The van der Waals surface area contributed by atoms with Gasteiger partial charge in [-0.05, 0) is 51.2 Å². The first-order chi connectivity index (χ1) is 12.9. The minimum absolute atomic E-state index is 0.576. The lowest BCUT2D eigenvalue weighted by molar-refractivity contribution is 0.255. The summed E-state index contributed by atoms with van der Waals surface area (Å²) < 4.78 is 7.32. The molecule has 0 fully saturated rings. The van der Waals surface area contributed by atoms with E-state index in [1.54, 1.807) is 0 Å². The van der Waals surface area contributed by atoms with E-state index in [0.29, 0.717) is 5.92 Å². The van der Waals surface area contributed by atoms with Crippen molar-refractivity contribution in [2.75, 3.05) is 7.05 Å². The van der Waals surface area contributed by atoms with Crippen molar-refractivity contribution < 1.29 is 0 Å². The summed E-state index contributed by atoms with van der Waals surface area (Å²) in [5.74, 6) is 0.576. The van der Waals surface area contributed by atoms with Crippen molar-refractivity contribution in [2.45, 2.75) is 47.5 Å². The number of hydrogen-bond acceptors (Lipinski definition) is 3. The fourth-order valence-electron chi connectivity index (χ4n) is 3.34. The monoisotopic (exact) mass is 383 g/mol. The van der Waals surface area contributed by atoms with Crippen molar-refractivity contribution in [3.63, 3.8) is 0 Å². The second-order valence-electron chi connectivity index (χ2n) is 7.67. The number of hydrogen-bond donors (Lipinski definition) is 0. The molecule has 5 nitrogen and oxygen atoms in total. The Hall–Kier alpha value is -2.18. The van der Waals surface area contributed by atoms with Gasteiger partial charge >= 0.3 is 0 Å². The Morgan fingerprint density at radius 3 is 2.41 bits per heavy atom. The molecule has 144 valence electrons. The summed E-state index contributed by atoms with van der Waals surface area (Å²) >= 11 is 5.75. The maximum atomic E-state index is 5.75. The second-order valence-corrected chi connectivity index (χ2v) is 8.04. The number of benzene rings is 1. The molecule has 0 amide bonds. The molecule has 2 aromatic heterocycles. The van der Waals surface area contributed by atoms with E-state index in [9.17, 15) is 0 Å². The van der Waals surface area contributed by atoms with E-state index in [0.717, 1.165) is 30.2 Å². The van der Waals surface area contributed by atoms with Crippen LogP contribution in [0.5, 0.6) is 0 Å². The van der Waals surface area contributed by atoms with Gasteiger partial charge in [-0.25, -0.2) is 4.68 Å². The second kappa shape index (κ2) is 8.23. The van der Waals surface area contributed by atoms with Crippen LogP contribution in [0.15, 0.2) is 42.7 Å². The molecule has 2 heterocycles. The average molecular weight is 384 g/mol. The first-order valence-electron chi connectivity index (χ1n) is 9.41. The maximum Gasteiger partial charge on any atom is 0.181 e. The standard InChI is InChI=1S/C21H29N5S/c1-16(2)12-24-17(3)18(4)25(21(24)27)15-23(5)13-19-11-22-26(14-19)20-9-7-6-8-10-20/h6-11,14,16H,12-13,15H2,1-5H3. The molecule has 0 aliphatic rings. The quantitative estimate of drug-likeness (QED) is 0.560. The minimum Gasteiger partial charge on any atom is -0.321 e. The van der Waals surface area contributed by atoms with Gasteiger partial charge in [0.1, 0.15) is 0 Å². The molecule has 0 atom stereocenters. The molecule has 3 rings (SSSR count). The van der Waals surface area contributed by atoms with E-state index in [1.807, 2.05) is 29.1 Å². The van der Waals surface area contributed by atoms with Crippen LogP contribution in [0.3, 0.4) is 0 Å². The van der Waals surface area contributed by atoms with Crippen molar-refractivity contribution >= 4 is 12.2 Å². The lowest BCUT2D eigenvalue weighted by Crippen LogP contribution is -2.22. The van der Waals surface area contributed by atoms with Gasteiger partial charge in [0.15, 0.2) is 4.77 Å². The van der Waals surface area contributed by atoms with E-state index < -0.39 is 0 Å². The van der Waals surface area contributed by atoms with Crippen LogP contribution in [0, 0.1) is 24.5 Å². The van der Waals surface area contributed by atoms with Crippen LogP contribution in [0.2, 0.25) is 0 Å². The zero-order chi connectivity index (χ0) is 19.6. The van der Waals surface area contributed by atoms with Crippen LogP contribution in [0.1, 0.15) is 30.8 Å². The summed E-state index contributed by atoms with van der Waals surface area (Å²) in [7, 11) is 2.12. The van der Waals surface area contributed by atoms with E-state index in [1.165, 1.54) is 17.0 Å². The van der Waals surface area contributed by atoms with Gasteiger partial charge in [-0.1, -0.05) is 32.0 Å². The molecule has 0 aliphatic carbocycles. The predicted octanol–water partition coefficient (Wildman–Crippen LogP) is 4.57. The van der Waals surface area contributed by atoms with Crippen molar-refractivity contribution in [1.29, 1.82) is 0 Å². The van der Waals surface area contributed by atoms with E-state index >= 15 is 0 Å². The summed E-state index contributed by atoms with van der Waals surface area (Å²) in [4.78, 5) is 2.27. The summed E-state index contributed by atoms with van der Waals surface area (Å²) in [6.07, 6.45) is 4.03. The molecule has 0 saturated heterocycles. The molecule has 0 saturated carbocycles. The molecule has 6 heteroatoms. The Morgan fingerprint density at radius 1 is 1.07 bits per heavy atom. The fraction of sp³-hybridized carbons (Fsp3) is 0.429. The number of nitrogens with zero attached hydrogens (tertiary/aromatic N) is 5. The highest BCUT2D eigenvalue weighted by atomic mass is 32.1. The fourth-order valence-corrected chi connectivity index (χ4v) is 3.74. The summed E-state index contributed by atoms with van der Waals surface area (Å²) in [5, 5.41) is 4.49. The first-order valence-corrected chi connectivity index (χ1v) is 9.81. The third-order valence-electron chi connectivity index (χ3n) is 4.84. The number of para-hydroxylation sites is 1. The summed E-state index contributed by atoms with van der Waals surface area (Å²) in [6.45, 7) is 11.3. The molecule has 0 bridgehead atoms. The highest BCUT2D eigenvalue weighted by Gasteiger charge is 2.14. The number of imidazole rings is 1. The summed E-state index contributed by atoms with van der Waals surface area (Å²) in [6, 6.07) is 10.2. The number of rotatable bonds is 7. The van der Waals surface area contributed by atoms with Gasteiger partial charge < -0.3 is 9.13 Å². The molecule has 0 aliphatic heterocycles. The van der Waals surface area contributed by atoms with Gasteiger partial charge in [-0.2, -0.15) is 5.10 Å². The molecule has 0 radical (unpaired) electrons. The van der Waals surface area contributed by atoms with Crippen molar-refractivity contribution in [1.82, 2.24) is 23.8 Å². The molecule has 0 unspecified atom stereocenters. The van der Waals surface area contributed by atoms with Crippen LogP contribution in [0.4, 0.5) is 0 Å².